The molecule has 1 aromatic heterocycles. The SMILES string of the molecule is CCCN(CC)c1ccc(C(=O)NC2CC3CCC(C2)N3)cn1.Cl.Cl. The summed E-state index contributed by atoms with van der Waals surface area (Å²) >= 11 is 0. The molecule has 0 saturated carbocycles. The molecule has 25 heavy (non-hydrogen) atoms. The van der Waals surface area contributed by atoms with Gasteiger partial charge in [0.05, 0.1) is 5.56 Å². The second kappa shape index (κ2) is 10.2. The largest absolute Gasteiger partial charge is 0.357 e. The van der Waals surface area contributed by atoms with E-state index in [2.05, 4.69) is 34.4 Å². The molecule has 2 aliphatic rings. The van der Waals surface area contributed by atoms with Gasteiger partial charge in [-0.3, -0.25) is 4.79 Å². The maximum absolute atomic E-state index is 12.4. The fourth-order valence-corrected chi connectivity index (χ4v) is 3.86. The van der Waals surface area contributed by atoms with Crippen LogP contribution in [0.15, 0.2) is 18.3 Å². The predicted molar refractivity (Wildman–Crippen MR) is 107 cm³/mol. The monoisotopic (exact) mass is 388 g/mol. The molecule has 3 heterocycles. The molecule has 2 atom stereocenters. The molecule has 5 nitrogen and oxygen atoms in total. The molecule has 2 aliphatic heterocycles. The molecule has 2 saturated heterocycles. The highest BCUT2D eigenvalue weighted by Crippen LogP contribution is 2.26. The van der Waals surface area contributed by atoms with Gasteiger partial charge in [-0.05, 0) is 51.2 Å². The van der Waals surface area contributed by atoms with E-state index in [1.165, 1.54) is 12.8 Å². The first kappa shape index (κ1) is 22.0. The Kier molecular flexibility index (Phi) is 8.97. The molecule has 0 radical (unpaired) electrons. The maximum Gasteiger partial charge on any atom is 0.253 e. The summed E-state index contributed by atoms with van der Waals surface area (Å²) < 4.78 is 0. The molecule has 142 valence electrons. The predicted octanol–water partition coefficient (Wildman–Crippen LogP) is 3.17. The van der Waals surface area contributed by atoms with Crippen LogP contribution in [0, 0.1) is 0 Å². The zero-order valence-corrected chi connectivity index (χ0v) is 16.7. The Morgan fingerprint density at radius 2 is 1.92 bits per heavy atom. The minimum absolute atomic E-state index is 0. The zero-order chi connectivity index (χ0) is 16.2. The summed E-state index contributed by atoms with van der Waals surface area (Å²) in [6, 6.07) is 5.33. The van der Waals surface area contributed by atoms with Crippen molar-refractivity contribution in [2.45, 2.75) is 64.1 Å². The number of carbonyl (C=O) groups is 1. The van der Waals surface area contributed by atoms with Gasteiger partial charge in [0.2, 0.25) is 0 Å². The zero-order valence-electron chi connectivity index (χ0n) is 15.0. The number of halogens is 2. The van der Waals surface area contributed by atoms with Gasteiger partial charge in [0, 0.05) is 37.4 Å². The van der Waals surface area contributed by atoms with E-state index in [1.807, 2.05) is 12.1 Å². The van der Waals surface area contributed by atoms with Crippen LogP contribution in [0.4, 0.5) is 5.82 Å². The van der Waals surface area contributed by atoms with Crippen molar-refractivity contribution in [1.29, 1.82) is 0 Å². The van der Waals surface area contributed by atoms with Crippen molar-refractivity contribution in [3.05, 3.63) is 23.9 Å². The minimum Gasteiger partial charge on any atom is -0.357 e. The average molecular weight is 389 g/mol. The van der Waals surface area contributed by atoms with Crippen LogP contribution in [-0.4, -0.2) is 42.1 Å². The molecule has 2 fully saturated rings. The molecule has 2 N–H and O–H groups in total. The first-order chi connectivity index (χ1) is 11.2. The Morgan fingerprint density at radius 1 is 1.24 bits per heavy atom. The Balaban J connectivity index is 0.00000156. The summed E-state index contributed by atoms with van der Waals surface area (Å²) in [5.74, 6) is 0.958. The summed E-state index contributed by atoms with van der Waals surface area (Å²) in [4.78, 5) is 19.1. The van der Waals surface area contributed by atoms with Crippen LogP contribution < -0.4 is 15.5 Å². The summed E-state index contributed by atoms with van der Waals surface area (Å²) in [6.45, 7) is 6.22. The lowest BCUT2D eigenvalue weighted by Crippen LogP contribution is -2.48. The van der Waals surface area contributed by atoms with E-state index in [0.29, 0.717) is 23.7 Å². The first-order valence-electron chi connectivity index (χ1n) is 8.97. The normalized spacial score (nSPS) is 24.0. The van der Waals surface area contributed by atoms with Crippen LogP contribution in [0.25, 0.3) is 0 Å². The number of anilines is 1. The number of hydrogen-bond donors (Lipinski definition) is 2. The first-order valence-corrected chi connectivity index (χ1v) is 8.97. The highest BCUT2D eigenvalue weighted by Gasteiger charge is 2.34. The van der Waals surface area contributed by atoms with E-state index in [4.69, 9.17) is 0 Å². The molecule has 7 heteroatoms. The molecule has 0 spiro atoms. The van der Waals surface area contributed by atoms with E-state index in [1.54, 1.807) is 6.20 Å². The topological polar surface area (TPSA) is 57.3 Å². The van der Waals surface area contributed by atoms with E-state index in [-0.39, 0.29) is 30.7 Å². The van der Waals surface area contributed by atoms with E-state index in [0.717, 1.165) is 38.2 Å². The number of rotatable bonds is 6. The molecule has 0 aliphatic carbocycles. The lowest BCUT2D eigenvalue weighted by atomic mass is 9.99. The standard InChI is InChI=1S/C18H28N4O.2ClH/c1-3-9-22(4-2)17-8-5-13(12-19-17)18(23)21-16-10-14-6-7-15(11-16)20-14;;/h5,8,12,14-16,20H,3-4,6-7,9-11H2,1-2H3,(H,21,23);2*1H. The van der Waals surface area contributed by atoms with Gasteiger partial charge in [-0.25, -0.2) is 4.98 Å². The second-order valence-corrected chi connectivity index (χ2v) is 6.76. The molecular formula is C18H30Cl2N4O. The van der Waals surface area contributed by atoms with Gasteiger partial charge in [-0.2, -0.15) is 0 Å². The van der Waals surface area contributed by atoms with Crippen molar-refractivity contribution in [2.24, 2.45) is 0 Å². The van der Waals surface area contributed by atoms with Crippen LogP contribution in [0.5, 0.6) is 0 Å². The van der Waals surface area contributed by atoms with Crippen LogP contribution in [-0.2, 0) is 0 Å². The molecule has 1 amide bonds. The van der Waals surface area contributed by atoms with Crippen LogP contribution in [0.2, 0.25) is 0 Å². The average Bonchev–Trinajstić information content (AvgIpc) is 2.91. The quantitative estimate of drug-likeness (QED) is 0.785. The number of nitrogens with zero attached hydrogens (tertiary/aromatic N) is 2. The fourth-order valence-electron chi connectivity index (χ4n) is 3.86. The van der Waals surface area contributed by atoms with Gasteiger partial charge in [0.1, 0.15) is 5.82 Å². The van der Waals surface area contributed by atoms with Crippen molar-refractivity contribution in [2.75, 3.05) is 18.0 Å². The smallest absolute Gasteiger partial charge is 0.253 e. The molecular weight excluding hydrogens is 359 g/mol. The maximum atomic E-state index is 12.4. The van der Waals surface area contributed by atoms with Gasteiger partial charge < -0.3 is 15.5 Å². The van der Waals surface area contributed by atoms with Crippen molar-refractivity contribution >= 4 is 36.5 Å². The third-order valence-corrected chi connectivity index (χ3v) is 5.02. The summed E-state index contributed by atoms with van der Waals surface area (Å²) in [5, 5.41) is 6.79. The minimum atomic E-state index is 0. The number of piperidine rings is 1. The lowest BCUT2D eigenvalue weighted by molar-refractivity contribution is 0.0923. The Hall–Kier alpha value is -1.04. The van der Waals surface area contributed by atoms with Crippen LogP contribution in [0.1, 0.15) is 56.3 Å². The third kappa shape index (κ3) is 5.47. The third-order valence-electron chi connectivity index (χ3n) is 5.02. The van der Waals surface area contributed by atoms with Crippen molar-refractivity contribution in [3.8, 4) is 0 Å². The summed E-state index contributed by atoms with van der Waals surface area (Å²) in [7, 11) is 0. The van der Waals surface area contributed by atoms with E-state index < -0.39 is 0 Å². The molecule has 2 bridgehead atoms. The van der Waals surface area contributed by atoms with Gasteiger partial charge in [0.15, 0.2) is 0 Å². The van der Waals surface area contributed by atoms with Crippen molar-refractivity contribution in [3.63, 3.8) is 0 Å². The van der Waals surface area contributed by atoms with Gasteiger partial charge >= 0.3 is 0 Å². The van der Waals surface area contributed by atoms with Gasteiger partial charge in [-0.1, -0.05) is 6.92 Å². The van der Waals surface area contributed by atoms with Crippen molar-refractivity contribution in [1.82, 2.24) is 15.6 Å². The summed E-state index contributed by atoms with van der Waals surface area (Å²) in [5.41, 5.74) is 0.659. The molecule has 2 unspecified atom stereocenters. The van der Waals surface area contributed by atoms with Crippen LogP contribution in [0.3, 0.4) is 0 Å². The molecule has 1 aromatic rings. The Labute approximate surface area is 163 Å². The van der Waals surface area contributed by atoms with E-state index in [9.17, 15) is 4.79 Å². The van der Waals surface area contributed by atoms with Crippen molar-refractivity contribution < 1.29 is 4.79 Å². The Morgan fingerprint density at radius 3 is 2.44 bits per heavy atom. The van der Waals surface area contributed by atoms with Gasteiger partial charge in [0.25, 0.3) is 5.91 Å². The number of carbonyl (C=O) groups excluding carboxylic acids is 1. The molecule has 3 rings (SSSR count). The van der Waals surface area contributed by atoms with E-state index >= 15 is 0 Å². The highest BCUT2D eigenvalue weighted by molar-refractivity contribution is 5.94. The number of hydrogen-bond acceptors (Lipinski definition) is 4. The lowest BCUT2D eigenvalue weighted by Gasteiger charge is -2.29. The number of nitrogens with one attached hydrogen (secondary N) is 2. The fraction of sp³-hybridized carbons (Fsp3) is 0.667. The van der Waals surface area contributed by atoms with Gasteiger partial charge in [-0.15, -0.1) is 24.8 Å². The number of amides is 1. The number of aromatic nitrogens is 1. The number of pyridine rings is 1. The number of fused-ring (bicyclic) bond motifs is 2. The van der Waals surface area contributed by atoms with Crippen LogP contribution >= 0.6 is 24.8 Å². The summed E-state index contributed by atoms with van der Waals surface area (Å²) in [6.07, 6.45) is 7.39. The highest BCUT2D eigenvalue weighted by atomic mass is 35.5. The molecule has 0 aromatic carbocycles. The Bertz CT molecular complexity index is 528. The second-order valence-electron chi connectivity index (χ2n) is 6.76.